The molecule has 33 heavy (non-hydrogen) atoms. The fourth-order valence-electron chi connectivity index (χ4n) is 3.98. The minimum atomic E-state index is 0.948. The van der Waals surface area contributed by atoms with E-state index in [4.69, 9.17) is 0 Å². The van der Waals surface area contributed by atoms with Crippen LogP contribution in [-0.2, 0) is 0 Å². The number of hydrogen-bond acceptors (Lipinski definition) is 3. The van der Waals surface area contributed by atoms with Crippen LogP contribution in [0.4, 0.5) is 34.1 Å². The van der Waals surface area contributed by atoms with Crippen molar-refractivity contribution in [1.82, 2.24) is 0 Å². The van der Waals surface area contributed by atoms with Gasteiger partial charge < -0.3 is 9.80 Å². The Labute approximate surface area is 200 Å². The van der Waals surface area contributed by atoms with Gasteiger partial charge in [0, 0.05) is 39.0 Å². The number of benzene rings is 5. The highest BCUT2D eigenvalue weighted by atomic mass is 32.1. The van der Waals surface area contributed by atoms with E-state index in [1.165, 1.54) is 0 Å². The number of thiol groups is 1. The average Bonchev–Trinajstić information content (AvgIpc) is 2.88. The quantitative estimate of drug-likeness (QED) is 0.261. The third kappa shape index (κ3) is 4.64. The molecule has 0 aliphatic heterocycles. The first kappa shape index (κ1) is 20.9. The first-order chi connectivity index (χ1) is 16.3. The maximum Gasteiger partial charge on any atom is 0.0463 e. The number of rotatable bonds is 6. The van der Waals surface area contributed by atoms with E-state index in [0.29, 0.717) is 0 Å². The number of hydrogen-bond donors (Lipinski definition) is 1. The molecule has 0 bridgehead atoms. The summed E-state index contributed by atoms with van der Waals surface area (Å²) < 4.78 is 0. The molecule has 5 aromatic rings. The summed E-state index contributed by atoms with van der Waals surface area (Å²) in [7, 11) is 0. The van der Waals surface area contributed by atoms with Crippen LogP contribution < -0.4 is 9.80 Å². The number of anilines is 6. The summed E-state index contributed by atoms with van der Waals surface area (Å²) in [5.74, 6) is 0. The van der Waals surface area contributed by atoms with Gasteiger partial charge in [-0.25, -0.2) is 0 Å². The molecule has 0 aliphatic carbocycles. The van der Waals surface area contributed by atoms with Crippen LogP contribution in [0.5, 0.6) is 0 Å². The second-order valence-corrected chi connectivity index (χ2v) is 8.23. The summed E-state index contributed by atoms with van der Waals surface area (Å²) in [4.78, 5) is 5.47. The number of para-hydroxylation sites is 3. The highest BCUT2D eigenvalue weighted by molar-refractivity contribution is 7.80. The Balaban J connectivity index is 1.57. The normalized spacial score (nSPS) is 10.6. The molecule has 0 radical (unpaired) electrons. The van der Waals surface area contributed by atoms with Crippen LogP contribution in [0.2, 0.25) is 0 Å². The summed E-state index contributed by atoms with van der Waals surface area (Å²) in [6.45, 7) is 0. The van der Waals surface area contributed by atoms with Gasteiger partial charge in [-0.3, -0.25) is 0 Å². The van der Waals surface area contributed by atoms with Crippen LogP contribution in [-0.4, -0.2) is 0 Å². The molecule has 0 aromatic heterocycles. The fourth-order valence-corrected chi connectivity index (χ4v) is 4.13. The molecule has 0 unspecified atom stereocenters. The highest BCUT2D eigenvalue weighted by Gasteiger charge is 2.15. The van der Waals surface area contributed by atoms with Gasteiger partial charge in [0.05, 0.1) is 0 Å². The standard InChI is InChI=1S/C30H24N2S/c33-30-22-20-29(21-23-30)32(26-14-8-3-9-15-26)28-18-16-27(17-19-28)31(24-10-4-1-5-11-24)25-12-6-2-7-13-25/h1-23,33H. The SMILES string of the molecule is Sc1ccc(N(c2ccccc2)c2ccc(N(c3ccccc3)c3ccccc3)cc2)cc1. The third-order valence-electron chi connectivity index (χ3n) is 5.52. The predicted molar refractivity (Wildman–Crippen MR) is 143 cm³/mol. The molecule has 0 saturated carbocycles. The van der Waals surface area contributed by atoms with Crippen molar-refractivity contribution in [3.05, 3.63) is 140 Å². The van der Waals surface area contributed by atoms with Crippen molar-refractivity contribution in [2.75, 3.05) is 9.80 Å². The van der Waals surface area contributed by atoms with Crippen molar-refractivity contribution in [3.63, 3.8) is 0 Å². The summed E-state index contributed by atoms with van der Waals surface area (Å²) in [6.07, 6.45) is 0. The molecule has 5 aromatic carbocycles. The highest BCUT2D eigenvalue weighted by Crippen LogP contribution is 2.38. The van der Waals surface area contributed by atoms with Gasteiger partial charge in [-0.2, -0.15) is 0 Å². The molecule has 160 valence electrons. The maximum atomic E-state index is 4.46. The zero-order valence-electron chi connectivity index (χ0n) is 18.1. The maximum absolute atomic E-state index is 4.46. The smallest absolute Gasteiger partial charge is 0.0463 e. The Morgan fingerprint density at radius 2 is 0.545 bits per heavy atom. The monoisotopic (exact) mass is 444 g/mol. The van der Waals surface area contributed by atoms with Gasteiger partial charge in [0.25, 0.3) is 0 Å². The van der Waals surface area contributed by atoms with Crippen molar-refractivity contribution < 1.29 is 0 Å². The Morgan fingerprint density at radius 1 is 0.303 bits per heavy atom. The lowest BCUT2D eigenvalue weighted by molar-refractivity contribution is 1.25. The lowest BCUT2D eigenvalue weighted by Crippen LogP contribution is -2.12. The molecular weight excluding hydrogens is 420 g/mol. The first-order valence-electron chi connectivity index (χ1n) is 10.9. The van der Waals surface area contributed by atoms with E-state index < -0.39 is 0 Å². The van der Waals surface area contributed by atoms with E-state index in [1.807, 2.05) is 30.3 Å². The van der Waals surface area contributed by atoms with E-state index in [0.717, 1.165) is 39.0 Å². The molecule has 3 heteroatoms. The second-order valence-electron chi connectivity index (χ2n) is 7.71. The Bertz CT molecular complexity index is 1250. The van der Waals surface area contributed by atoms with Gasteiger partial charge in [0.1, 0.15) is 0 Å². The largest absolute Gasteiger partial charge is 0.311 e. The van der Waals surface area contributed by atoms with Gasteiger partial charge in [-0.15, -0.1) is 12.6 Å². The summed E-state index contributed by atoms with van der Waals surface area (Å²) >= 11 is 4.46. The lowest BCUT2D eigenvalue weighted by atomic mass is 10.1. The summed E-state index contributed by atoms with van der Waals surface area (Å²) in [6, 6.07) is 48.3. The van der Waals surface area contributed by atoms with Crippen LogP contribution >= 0.6 is 12.6 Å². The van der Waals surface area contributed by atoms with E-state index in [-0.39, 0.29) is 0 Å². The van der Waals surface area contributed by atoms with Crippen molar-refractivity contribution in [2.24, 2.45) is 0 Å². The minimum Gasteiger partial charge on any atom is -0.311 e. The Kier molecular flexibility index (Phi) is 6.14. The van der Waals surface area contributed by atoms with Gasteiger partial charge in [0.15, 0.2) is 0 Å². The second kappa shape index (κ2) is 9.68. The van der Waals surface area contributed by atoms with Gasteiger partial charge in [-0.05, 0) is 84.9 Å². The van der Waals surface area contributed by atoms with Crippen molar-refractivity contribution in [1.29, 1.82) is 0 Å². The Hall–Kier alpha value is -3.95. The van der Waals surface area contributed by atoms with Crippen molar-refractivity contribution in [3.8, 4) is 0 Å². The molecular formula is C30H24N2S. The molecule has 2 nitrogen and oxygen atoms in total. The van der Waals surface area contributed by atoms with Crippen LogP contribution in [0.1, 0.15) is 0 Å². The van der Waals surface area contributed by atoms with Crippen LogP contribution in [0.3, 0.4) is 0 Å². The average molecular weight is 445 g/mol. The summed E-state index contributed by atoms with van der Waals surface area (Å²) in [5, 5.41) is 0. The fraction of sp³-hybridized carbons (Fsp3) is 0. The number of nitrogens with zero attached hydrogens (tertiary/aromatic N) is 2. The Morgan fingerprint density at radius 3 is 0.848 bits per heavy atom. The van der Waals surface area contributed by atoms with Crippen molar-refractivity contribution >= 4 is 46.8 Å². The summed E-state index contributed by atoms with van der Waals surface area (Å²) in [5.41, 5.74) is 6.66. The molecule has 0 spiro atoms. The molecule has 0 heterocycles. The van der Waals surface area contributed by atoms with Gasteiger partial charge in [0.2, 0.25) is 0 Å². The van der Waals surface area contributed by atoms with Gasteiger partial charge >= 0.3 is 0 Å². The topological polar surface area (TPSA) is 6.48 Å². The zero-order chi connectivity index (χ0) is 22.5. The molecule has 5 rings (SSSR count). The predicted octanol–water partition coefficient (Wildman–Crippen LogP) is 8.91. The third-order valence-corrected chi connectivity index (χ3v) is 5.82. The van der Waals surface area contributed by atoms with E-state index in [2.05, 4.69) is 132 Å². The van der Waals surface area contributed by atoms with Crippen LogP contribution in [0, 0.1) is 0 Å². The molecule has 0 N–H and O–H groups in total. The molecule has 0 saturated heterocycles. The van der Waals surface area contributed by atoms with E-state index in [1.54, 1.807) is 0 Å². The van der Waals surface area contributed by atoms with Crippen LogP contribution in [0.25, 0.3) is 0 Å². The van der Waals surface area contributed by atoms with Crippen LogP contribution in [0.15, 0.2) is 144 Å². The molecule has 0 amide bonds. The molecule has 0 aliphatic rings. The van der Waals surface area contributed by atoms with E-state index >= 15 is 0 Å². The molecule has 0 fully saturated rings. The van der Waals surface area contributed by atoms with Gasteiger partial charge in [-0.1, -0.05) is 54.6 Å². The minimum absolute atomic E-state index is 0.948. The molecule has 0 atom stereocenters. The van der Waals surface area contributed by atoms with Crippen molar-refractivity contribution in [2.45, 2.75) is 4.90 Å². The van der Waals surface area contributed by atoms with E-state index in [9.17, 15) is 0 Å². The first-order valence-corrected chi connectivity index (χ1v) is 11.4. The lowest BCUT2D eigenvalue weighted by Gasteiger charge is -2.28. The zero-order valence-corrected chi connectivity index (χ0v) is 19.0.